The molecule has 0 aliphatic carbocycles. The zero-order valence-electron chi connectivity index (χ0n) is 17.0. The molecule has 5 nitrogen and oxygen atoms in total. The molecule has 2 aromatic heterocycles. The van der Waals surface area contributed by atoms with Crippen molar-refractivity contribution in [2.45, 2.75) is 26.8 Å². The van der Waals surface area contributed by atoms with Crippen LogP contribution in [-0.4, -0.2) is 22.0 Å². The van der Waals surface area contributed by atoms with Gasteiger partial charge in [0.05, 0.1) is 11.7 Å². The van der Waals surface area contributed by atoms with Crippen molar-refractivity contribution in [3.63, 3.8) is 0 Å². The van der Waals surface area contributed by atoms with Crippen LogP contribution in [0.5, 0.6) is 0 Å². The van der Waals surface area contributed by atoms with E-state index in [1.54, 1.807) is 0 Å². The van der Waals surface area contributed by atoms with Gasteiger partial charge in [0.15, 0.2) is 0 Å². The largest absolute Gasteiger partial charge is 0.354 e. The number of thiophene rings is 1. The van der Waals surface area contributed by atoms with E-state index >= 15 is 0 Å². The molecule has 0 saturated heterocycles. The highest BCUT2D eigenvalue weighted by Crippen LogP contribution is 2.30. The number of benzene rings is 2. The second-order valence-electron chi connectivity index (χ2n) is 7.40. The van der Waals surface area contributed by atoms with Gasteiger partial charge < -0.3 is 5.32 Å². The number of hydrogen-bond donors (Lipinski definition) is 1. The summed E-state index contributed by atoms with van der Waals surface area (Å²) in [6.07, 6.45) is 2.22. The summed E-state index contributed by atoms with van der Waals surface area (Å²) < 4.78 is 1.38. The zero-order valence-corrected chi connectivity index (χ0v) is 17.8. The first kappa shape index (κ1) is 20.0. The lowest BCUT2D eigenvalue weighted by molar-refractivity contribution is -0.121. The summed E-state index contributed by atoms with van der Waals surface area (Å²) in [5.74, 6) is -0.195. The van der Waals surface area contributed by atoms with E-state index in [-0.39, 0.29) is 18.0 Å². The Hall–Kier alpha value is -3.25. The predicted octanol–water partition coefficient (Wildman–Crippen LogP) is 4.10. The number of nitrogens with zero attached hydrogens (tertiary/aromatic N) is 2. The Balaban J connectivity index is 1.50. The van der Waals surface area contributed by atoms with Gasteiger partial charge in [-0.15, -0.1) is 11.3 Å². The third-order valence-electron chi connectivity index (χ3n) is 5.21. The second kappa shape index (κ2) is 8.63. The number of fused-ring (bicyclic) bond motifs is 1. The predicted molar refractivity (Wildman–Crippen MR) is 122 cm³/mol. The van der Waals surface area contributed by atoms with E-state index in [0.717, 1.165) is 23.1 Å². The summed E-state index contributed by atoms with van der Waals surface area (Å²) in [5, 5.41) is 5.43. The van der Waals surface area contributed by atoms with Crippen molar-refractivity contribution in [1.29, 1.82) is 0 Å². The Morgan fingerprint density at radius 1 is 1.10 bits per heavy atom. The molecule has 6 heteroatoms. The van der Waals surface area contributed by atoms with Crippen molar-refractivity contribution >= 4 is 27.5 Å². The lowest BCUT2D eigenvalue weighted by Crippen LogP contribution is -2.33. The summed E-state index contributed by atoms with van der Waals surface area (Å²) in [6, 6.07) is 16.2. The first-order chi connectivity index (χ1) is 14.5. The Labute approximate surface area is 179 Å². The molecule has 4 aromatic rings. The van der Waals surface area contributed by atoms with Crippen LogP contribution in [0.1, 0.15) is 16.7 Å². The smallest absolute Gasteiger partial charge is 0.263 e. The third-order valence-corrected chi connectivity index (χ3v) is 6.10. The number of hydrogen-bond acceptors (Lipinski definition) is 4. The lowest BCUT2D eigenvalue weighted by atomic mass is 10.1. The molecule has 0 unspecified atom stereocenters. The molecule has 1 N–H and O–H groups in total. The SMILES string of the molecule is Cc1ccc(-c2csc3ncn(CC(=O)NCCc4ccccc4C)c(=O)c23)cc1. The minimum Gasteiger partial charge on any atom is -0.354 e. The van der Waals surface area contributed by atoms with Gasteiger partial charge in [-0.05, 0) is 37.0 Å². The van der Waals surface area contributed by atoms with Crippen LogP contribution in [0, 0.1) is 13.8 Å². The summed E-state index contributed by atoms with van der Waals surface area (Å²) in [7, 11) is 0. The highest BCUT2D eigenvalue weighted by atomic mass is 32.1. The van der Waals surface area contributed by atoms with Gasteiger partial charge in [0.25, 0.3) is 5.56 Å². The second-order valence-corrected chi connectivity index (χ2v) is 8.26. The molecule has 0 aliphatic heterocycles. The van der Waals surface area contributed by atoms with E-state index < -0.39 is 0 Å². The number of aryl methyl sites for hydroxylation is 2. The summed E-state index contributed by atoms with van der Waals surface area (Å²) in [6.45, 7) is 4.58. The molecule has 2 aromatic carbocycles. The van der Waals surface area contributed by atoms with Gasteiger partial charge in [-0.1, -0.05) is 54.1 Å². The van der Waals surface area contributed by atoms with Crippen molar-refractivity contribution in [2.75, 3.05) is 6.54 Å². The van der Waals surface area contributed by atoms with Crippen LogP contribution in [0.4, 0.5) is 0 Å². The average molecular weight is 418 g/mol. The Morgan fingerprint density at radius 2 is 1.87 bits per heavy atom. The van der Waals surface area contributed by atoms with Crippen LogP contribution in [0.2, 0.25) is 0 Å². The van der Waals surface area contributed by atoms with Gasteiger partial charge >= 0.3 is 0 Å². The van der Waals surface area contributed by atoms with Gasteiger partial charge in [0.1, 0.15) is 11.4 Å². The van der Waals surface area contributed by atoms with Crippen LogP contribution in [0.3, 0.4) is 0 Å². The maximum Gasteiger partial charge on any atom is 0.263 e. The van der Waals surface area contributed by atoms with Gasteiger partial charge in [0.2, 0.25) is 5.91 Å². The Morgan fingerprint density at radius 3 is 2.63 bits per heavy atom. The molecule has 30 heavy (non-hydrogen) atoms. The Kier molecular flexibility index (Phi) is 5.77. The van der Waals surface area contributed by atoms with E-state index in [9.17, 15) is 9.59 Å². The fraction of sp³-hybridized carbons (Fsp3) is 0.208. The van der Waals surface area contributed by atoms with Gasteiger partial charge in [0, 0.05) is 17.5 Å². The molecule has 1 amide bonds. The topological polar surface area (TPSA) is 64.0 Å². The van der Waals surface area contributed by atoms with Crippen molar-refractivity contribution < 1.29 is 4.79 Å². The molecule has 2 heterocycles. The monoisotopic (exact) mass is 417 g/mol. The number of aromatic nitrogens is 2. The summed E-state index contributed by atoms with van der Waals surface area (Å²) in [5.41, 5.74) is 5.23. The molecular formula is C24H23N3O2S. The van der Waals surface area contributed by atoms with E-state index in [1.807, 2.05) is 48.7 Å². The molecule has 0 aliphatic rings. The quantitative estimate of drug-likeness (QED) is 0.514. The van der Waals surface area contributed by atoms with Gasteiger partial charge in [-0.25, -0.2) is 4.98 Å². The maximum atomic E-state index is 13.1. The highest BCUT2D eigenvalue weighted by Gasteiger charge is 2.14. The van der Waals surface area contributed by atoms with E-state index in [2.05, 4.69) is 29.4 Å². The summed E-state index contributed by atoms with van der Waals surface area (Å²) in [4.78, 5) is 30.6. The first-order valence-electron chi connectivity index (χ1n) is 9.88. The fourth-order valence-corrected chi connectivity index (χ4v) is 4.37. The van der Waals surface area contributed by atoms with Crippen LogP contribution >= 0.6 is 11.3 Å². The van der Waals surface area contributed by atoms with Crippen molar-refractivity contribution in [3.05, 3.63) is 87.3 Å². The third kappa shape index (κ3) is 4.19. The molecule has 0 bridgehead atoms. The molecule has 0 atom stereocenters. The van der Waals surface area contributed by atoms with Crippen LogP contribution in [0.25, 0.3) is 21.3 Å². The number of amides is 1. The lowest BCUT2D eigenvalue weighted by Gasteiger charge is -2.09. The zero-order chi connectivity index (χ0) is 21.1. The minimum atomic E-state index is -0.195. The van der Waals surface area contributed by atoms with E-state index in [1.165, 1.54) is 33.4 Å². The molecule has 0 spiro atoms. The van der Waals surface area contributed by atoms with Gasteiger partial charge in [-0.3, -0.25) is 14.2 Å². The van der Waals surface area contributed by atoms with E-state index in [0.29, 0.717) is 16.8 Å². The fourth-order valence-electron chi connectivity index (χ4n) is 3.46. The minimum absolute atomic E-state index is 0.0429. The molecule has 0 saturated carbocycles. The number of nitrogens with one attached hydrogen (secondary N) is 1. The molecule has 0 fully saturated rings. The van der Waals surface area contributed by atoms with Crippen molar-refractivity contribution in [1.82, 2.24) is 14.9 Å². The first-order valence-corrected chi connectivity index (χ1v) is 10.8. The normalized spacial score (nSPS) is 11.0. The maximum absolute atomic E-state index is 13.1. The summed E-state index contributed by atoms with van der Waals surface area (Å²) >= 11 is 1.44. The van der Waals surface area contributed by atoms with Crippen molar-refractivity contribution in [2.24, 2.45) is 0 Å². The van der Waals surface area contributed by atoms with Gasteiger partial charge in [-0.2, -0.15) is 0 Å². The van der Waals surface area contributed by atoms with Crippen LogP contribution < -0.4 is 10.9 Å². The highest BCUT2D eigenvalue weighted by molar-refractivity contribution is 7.17. The van der Waals surface area contributed by atoms with E-state index in [4.69, 9.17) is 0 Å². The van der Waals surface area contributed by atoms with Crippen LogP contribution in [0.15, 0.2) is 65.0 Å². The van der Waals surface area contributed by atoms with Crippen molar-refractivity contribution in [3.8, 4) is 11.1 Å². The Bertz CT molecular complexity index is 1260. The number of rotatable bonds is 6. The number of carbonyl (C=O) groups excluding carboxylic acids is 1. The standard InChI is InChI=1S/C24H23N3O2S/c1-16-7-9-19(10-8-16)20-14-30-23-22(20)24(29)27(15-26-23)13-21(28)25-12-11-18-6-4-3-5-17(18)2/h3-10,14-15H,11-13H2,1-2H3,(H,25,28). The molecule has 0 radical (unpaired) electrons. The number of carbonyl (C=O) groups is 1. The molecule has 4 rings (SSSR count). The average Bonchev–Trinajstić information content (AvgIpc) is 3.17. The molecule has 152 valence electrons. The van der Waals surface area contributed by atoms with Crippen LogP contribution in [-0.2, 0) is 17.8 Å². The molecular weight excluding hydrogens is 394 g/mol.